The molecule has 1 unspecified atom stereocenters. The van der Waals surface area contributed by atoms with Crippen molar-refractivity contribution in [2.75, 3.05) is 19.6 Å². The molecule has 0 aromatic heterocycles. The lowest BCUT2D eigenvalue weighted by molar-refractivity contribution is -0.122. The van der Waals surface area contributed by atoms with Crippen molar-refractivity contribution in [3.8, 4) is 0 Å². The van der Waals surface area contributed by atoms with Crippen LogP contribution in [0.2, 0.25) is 0 Å². The summed E-state index contributed by atoms with van der Waals surface area (Å²) in [6.07, 6.45) is 0.593. The number of rotatable bonds is 3. The molecule has 0 radical (unpaired) electrons. The highest BCUT2D eigenvalue weighted by molar-refractivity contribution is 5.82. The van der Waals surface area contributed by atoms with E-state index in [-0.39, 0.29) is 17.8 Å². The van der Waals surface area contributed by atoms with Crippen LogP contribution in [0.5, 0.6) is 0 Å². The Labute approximate surface area is 73.4 Å². The van der Waals surface area contributed by atoms with E-state index in [1.807, 2.05) is 18.7 Å². The van der Waals surface area contributed by atoms with E-state index < -0.39 is 0 Å². The average molecular weight is 171 g/mol. The average Bonchev–Trinajstić information content (AvgIpc) is 2.35. The summed E-state index contributed by atoms with van der Waals surface area (Å²) in [5.41, 5.74) is 0. The van der Waals surface area contributed by atoms with Crippen molar-refractivity contribution >= 4 is 5.78 Å². The first-order chi connectivity index (χ1) is 5.59. The standard InChI is InChI=1S/C9H17NO2/c1-7(2)9(12)6-10-4-3-8(11)5-10/h7-8,11H,3-6H2,1-2H3. The predicted molar refractivity (Wildman–Crippen MR) is 46.9 cm³/mol. The molecule has 0 spiro atoms. The number of likely N-dealkylation sites (tertiary alicyclic amines) is 1. The van der Waals surface area contributed by atoms with Crippen LogP contribution in [-0.2, 0) is 4.79 Å². The molecular formula is C9H17NO2. The number of β-amino-alcohol motifs (C(OH)–C–C–N with tert-alkyl or cyclic N) is 1. The van der Waals surface area contributed by atoms with Gasteiger partial charge in [-0.15, -0.1) is 0 Å². The van der Waals surface area contributed by atoms with Gasteiger partial charge in [0.25, 0.3) is 0 Å². The Balaban J connectivity index is 2.28. The number of Topliss-reactive ketones (excluding diaryl/α,β-unsaturated/α-hetero) is 1. The van der Waals surface area contributed by atoms with E-state index in [9.17, 15) is 9.90 Å². The molecule has 0 amide bonds. The Morgan fingerprint density at radius 1 is 1.67 bits per heavy atom. The number of hydrogen-bond donors (Lipinski definition) is 1. The highest BCUT2D eigenvalue weighted by Crippen LogP contribution is 2.09. The minimum absolute atomic E-state index is 0.114. The predicted octanol–water partition coefficient (Wildman–Crippen LogP) is 0.278. The van der Waals surface area contributed by atoms with E-state index in [1.165, 1.54) is 0 Å². The zero-order chi connectivity index (χ0) is 9.14. The van der Waals surface area contributed by atoms with E-state index in [1.54, 1.807) is 0 Å². The van der Waals surface area contributed by atoms with Crippen molar-refractivity contribution in [3.63, 3.8) is 0 Å². The van der Waals surface area contributed by atoms with Gasteiger partial charge in [-0.2, -0.15) is 0 Å². The summed E-state index contributed by atoms with van der Waals surface area (Å²) >= 11 is 0. The van der Waals surface area contributed by atoms with Gasteiger partial charge >= 0.3 is 0 Å². The maximum absolute atomic E-state index is 11.3. The van der Waals surface area contributed by atoms with E-state index in [4.69, 9.17) is 0 Å². The van der Waals surface area contributed by atoms with Crippen molar-refractivity contribution in [1.29, 1.82) is 0 Å². The molecule has 0 aromatic rings. The number of aliphatic hydroxyl groups is 1. The van der Waals surface area contributed by atoms with Gasteiger partial charge in [0.1, 0.15) is 5.78 Å². The van der Waals surface area contributed by atoms with Gasteiger partial charge in [-0.25, -0.2) is 0 Å². The van der Waals surface area contributed by atoms with Crippen molar-refractivity contribution in [2.24, 2.45) is 5.92 Å². The summed E-state index contributed by atoms with van der Waals surface area (Å²) in [6.45, 7) is 5.86. The number of nitrogens with zero attached hydrogens (tertiary/aromatic N) is 1. The van der Waals surface area contributed by atoms with Crippen LogP contribution in [0.15, 0.2) is 0 Å². The Morgan fingerprint density at radius 3 is 2.75 bits per heavy atom. The quantitative estimate of drug-likeness (QED) is 0.663. The number of carbonyl (C=O) groups excluding carboxylic acids is 1. The van der Waals surface area contributed by atoms with Crippen LogP contribution in [0, 0.1) is 5.92 Å². The first-order valence-electron chi connectivity index (χ1n) is 4.52. The van der Waals surface area contributed by atoms with Gasteiger partial charge in [-0.05, 0) is 6.42 Å². The largest absolute Gasteiger partial charge is 0.392 e. The second-order valence-corrected chi connectivity index (χ2v) is 3.80. The molecule has 0 aromatic carbocycles. The summed E-state index contributed by atoms with van der Waals surface area (Å²) < 4.78 is 0. The molecule has 3 heteroatoms. The van der Waals surface area contributed by atoms with Crippen LogP contribution in [0.3, 0.4) is 0 Å². The molecule has 1 fully saturated rings. The lowest BCUT2D eigenvalue weighted by atomic mass is 10.1. The third-order valence-electron chi connectivity index (χ3n) is 2.27. The molecule has 3 nitrogen and oxygen atoms in total. The van der Waals surface area contributed by atoms with Crippen molar-refractivity contribution in [3.05, 3.63) is 0 Å². The van der Waals surface area contributed by atoms with Crippen LogP contribution in [0.4, 0.5) is 0 Å². The molecular weight excluding hydrogens is 154 g/mol. The summed E-state index contributed by atoms with van der Waals surface area (Å²) in [6, 6.07) is 0. The van der Waals surface area contributed by atoms with Crippen LogP contribution in [0.1, 0.15) is 20.3 Å². The first-order valence-corrected chi connectivity index (χ1v) is 4.52. The molecule has 0 aliphatic carbocycles. The van der Waals surface area contributed by atoms with E-state index in [0.717, 1.165) is 13.0 Å². The molecule has 0 bridgehead atoms. The highest BCUT2D eigenvalue weighted by atomic mass is 16.3. The molecule has 1 rings (SSSR count). The van der Waals surface area contributed by atoms with Gasteiger partial charge < -0.3 is 5.11 Å². The first kappa shape index (κ1) is 9.68. The van der Waals surface area contributed by atoms with Gasteiger partial charge in [0.05, 0.1) is 12.6 Å². The lowest BCUT2D eigenvalue weighted by Gasteiger charge is -2.14. The molecule has 1 N–H and O–H groups in total. The minimum Gasteiger partial charge on any atom is -0.392 e. The number of carbonyl (C=O) groups is 1. The number of aliphatic hydroxyl groups excluding tert-OH is 1. The van der Waals surface area contributed by atoms with Gasteiger partial charge in [0.15, 0.2) is 0 Å². The maximum atomic E-state index is 11.3. The summed E-state index contributed by atoms with van der Waals surface area (Å²) in [5.74, 6) is 0.381. The summed E-state index contributed by atoms with van der Waals surface area (Å²) in [7, 11) is 0. The van der Waals surface area contributed by atoms with E-state index in [2.05, 4.69) is 0 Å². The fourth-order valence-corrected chi connectivity index (χ4v) is 1.36. The molecule has 70 valence electrons. The Kier molecular flexibility index (Phi) is 3.23. The van der Waals surface area contributed by atoms with Gasteiger partial charge in [0.2, 0.25) is 0 Å². The topological polar surface area (TPSA) is 40.5 Å². The monoisotopic (exact) mass is 171 g/mol. The Hall–Kier alpha value is -0.410. The molecule has 1 saturated heterocycles. The molecule has 0 saturated carbocycles. The highest BCUT2D eigenvalue weighted by Gasteiger charge is 2.22. The zero-order valence-corrected chi connectivity index (χ0v) is 7.79. The Morgan fingerprint density at radius 2 is 2.33 bits per heavy atom. The SMILES string of the molecule is CC(C)C(=O)CN1CCC(O)C1. The molecule has 1 atom stereocenters. The second-order valence-electron chi connectivity index (χ2n) is 3.80. The molecule has 1 aliphatic heterocycles. The second kappa shape index (κ2) is 4.01. The molecule has 1 aliphatic rings. The lowest BCUT2D eigenvalue weighted by Crippen LogP contribution is -2.30. The number of ketones is 1. The number of hydrogen-bond acceptors (Lipinski definition) is 3. The molecule has 1 heterocycles. The van der Waals surface area contributed by atoms with Gasteiger partial charge in [-0.1, -0.05) is 13.8 Å². The Bertz CT molecular complexity index is 168. The smallest absolute Gasteiger partial charge is 0.149 e. The fourth-order valence-electron chi connectivity index (χ4n) is 1.36. The van der Waals surface area contributed by atoms with E-state index >= 15 is 0 Å². The minimum atomic E-state index is -0.218. The summed E-state index contributed by atoms with van der Waals surface area (Å²) in [4.78, 5) is 13.3. The maximum Gasteiger partial charge on any atom is 0.149 e. The summed E-state index contributed by atoms with van der Waals surface area (Å²) in [5, 5.41) is 9.20. The third-order valence-corrected chi connectivity index (χ3v) is 2.27. The van der Waals surface area contributed by atoms with E-state index in [0.29, 0.717) is 13.1 Å². The van der Waals surface area contributed by atoms with Crippen LogP contribution < -0.4 is 0 Å². The van der Waals surface area contributed by atoms with Gasteiger partial charge in [0, 0.05) is 19.0 Å². The van der Waals surface area contributed by atoms with Crippen LogP contribution in [-0.4, -0.2) is 41.5 Å². The van der Waals surface area contributed by atoms with Crippen LogP contribution >= 0.6 is 0 Å². The fraction of sp³-hybridized carbons (Fsp3) is 0.889. The third kappa shape index (κ3) is 2.57. The van der Waals surface area contributed by atoms with Crippen LogP contribution in [0.25, 0.3) is 0 Å². The normalized spacial score (nSPS) is 25.2. The van der Waals surface area contributed by atoms with Crippen molar-refractivity contribution in [1.82, 2.24) is 4.90 Å². The molecule has 12 heavy (non-hydrogen) atoms. The zero-order valence-electron chi connectivity index (χ0n) is 7.79. The van der Waals surface area contributed by atoms with Gasteiger partial charge in [-0.3, -0.25) is 9.69 Å². The van der Waals surface area contributed by atoms with Crippen molar-refractivity contribution < 1.29 is 9.90 Å². The van der Waals surface area contributed by atoms with Crippen molar-refractivity contribution in [2.45, 2.75) is 26.4 Å².